The van der Waals surface area contributed by atoms with Gasteiger partial charge >= 0.3 is 0 Å². The Bertz CT molecular complexity index is 177. The van der Waals surface area contributed by atoms with Gasteiger partial charge in [0, 0.05) is 28.0 Å². The van der Waals surface area contributed by atoms with Gasteiger partial charge in [-0.1, -0.05) is 27.7 Å². The third-order valence-corrected chi connectivity index (χ3v) is 6.22. The minimum Gasteiger partial charge on any atom is -0.326 e. The van der Waals surface area contributed by atoms with Gasteiger partial charge in [-0.25, -0.2) is 0 Å². The Morgan fingerprint density at radius 2 is 1.86 bits per heavy atom. The molecule has 3 unspecified atom stereocenters. The van der Waals surface area contributed by atoms with Gasteiger partial charge in [-0.05, 0) is 11.8 Å². The van der Waals surface area contributed by atoms with Gasteiger partial charge in [-0.3, -0.25) is 0 Å². The molecule has 0 aromatic carbocycles. The molecule has 0 saturated carbocycles. The molecule has 1 rings (SSSR count). The molecule has 84 valence electrons. The molecule has 1 aliphatic heterocycles. The van der Waals surface area contributed by atoms with Crippen LogP contribution >= 0.6 is 23.5 Å². The molecular weight excluding hydrogens is 210 g/mol. The highest BCUT2D eigenvalue weighted by molar-refractivity contribution is 8.07. The van der Waals surface area contributed by atoms with Crippen LogP contribution < -0.4 is 5.73 Å². The Morgan fingerprint density at radius 1 is 1.29 bits per heavy atom. The lowest BCUT2D eigenvalue weighted by atomic mass is 9.84. The minimum absolute atomic E-state index is 0.239. The average molecular weight is 233 g/mol. The van der Waals surface area contributed by atoms with E-state index >= 15 is 0 Å². The van der Waals surface area contributed by atoms with Crippen molar-refractivity contribution >= 4 is 23.5 Å². The van der Waals surface area contributed by atoms with Crippen molar-refractivity contribution in [3.05, 3.63) is 0 Å². The molecule has 1 saturated heterocycles. The molecule has 0 bridgehead atoms. The van der Waals surface area contributed by atoms with Gasteiger partial charge in [-0.2, -0.15) is 23.5 Å². The number of hydrogen-bond donors (Lipinski definition) is 1. The van der Waals surface area contributed by atoms with Crippen molar-refractivity contribution in [2.24, 2.45) is 11.1 Å². The van der Waals surface area contributed by atoms with Crippen molar-refractivity contribution in [3.63, 3.8) is 0 Å². The van der Waals surface area contributed by atoms with E-state index in [1.807, 2.05) is 0 Å². The van der Waals surface area contributed by atoms with Crippen LogP contribution in [0.3, 0.4) is 0 Å². The van der Waals surface area contributed by atoms with Crippen LogP contribution in [0.5, 0.6) is 0 Å². The lowest BCUT2D eigenvalue weighted by molar-refractivity contribution is 0.309. The molecule has 2 N–H and O–H groups in total. The van der Waals surface area contributed by atoms with Crippen LogP contribution in [0.4, 0.5) is 0 Å². The molecule has 0 amide bonds. The Labute approximate surface area is 97.0 Å². The molecule has 0 aromatic heterocycles. The van der Waals surface area contributed by atoms with Gasteiger partial charge in [0.15, 0.2) is 0 Å². The summed E-state index contributed by atoms with van der Waals surface area (Å²) in [6.07, 6.45) is 1.26. The second-order valence-electron chi connectivity index (χ2n) is 5.04. The first-order chi connectivity index (χ1) is 6.46. The van der Waals surface area contributed by atoms with Crippen molar-refractivity contribution in [3.8, 4) is 0 Å². The summed E-state index contributed by atoms with van der Waals surface area (Å²) in [5, 5.41) is 1.42. The first kappa shape index (κ1) is 12.7. The molecule has 1 heterocycles. The molecule has 3 atom stereocenters. The molecule has 3 heteroatoms. The number of thioether (sulfide) groups is 2. The predicted molar refractivity (Wildman–Crippen MR) is 70.2 cm³/mol. The van der Waals surface area contributed by atoms with Crippen LogP contribution in [0.25, 0.3) is 0 Å². The predicted octanol–water partition coefficient (Wildman–Crippen LogP) is 2.99. The zero-order valence-electron chi connectivity index (χ0n) is 9.75. The summed E-state index contributed by atoms with van der Waals surface area (Å²) >= 11 is 4.20. The molecule has 0 aromatic rings. The van der Waals surface area contributed by atoms with Crippen LogP contribution in [-0.2, 0) is 0 Å². The van der Waals surface area contributed by atoms with Crippen LogP contribution in [0, 0.1) is 5.41 Å². The van der Waals surface area contributed by atoms with Gasteiger partial charge in [-0.15, -0.1) is 0 Å². The Kier molecular flexibility index (Phi) is 4.66. The average Bonchev–Trinajstić information content (AvgIpc) is 2.15. The van der Waals surface area contributed by atoms with Crippen molar-refractivity contribution in [1.82, 2.24) is 0 Å². The largest absolute Gasteiger partial charge is 0.326 e. The molecule has 1 nitrogen and oxygen atoms in total. The Morgan fingerprint density at radius 3 is 2.36 bits per heavy atom. The summed E-state index contributed by atoms with van der Waals surface area (Å²) in [7, 11) is 0. The summed E-state index contributed by atoms with van der Waals surface area (Å²) in [6.45, 7) is 9.05. The van der Waals surface area contributed by atoms with E-state index in [0.717, 1.165) is 5.25 Å². The molecule has 0 spiro atoms. The highest BCUT2D eigenvalue weighted by atomic mass is 32.2. The van der Waals surface area contributed by atoms with Crippen molar-refractivity contribution in [2.75, 3.05) is 11.5 Å². The third kappa shape index (κ3) is 3.07. The fraction of sp³-hybridized carbons (Fsp3) is 1.00. The summed E-state index contributed by atoms with van der Waals surface area (Å²) in [5.41, 5.74) is 6.60. The number of rotatable bonds is 2. The molecule has 0 aliphatic carbocycles. The lowest BCUT2D eigenvalue weighted by Gasteiger charge is -2.40. The first-order valence-corrected chi connectivity index (χ1v) is 7.55. The second-order valence-corrected chi connectivity index (χ2v) is 7.68. The topological polar surface area (TPSA) is 26.0 Å². The standard InChI is InChI=1S/C11H23NS2/c1-5-8-9(14-7-6-13-8)10(12)11(2,3)4/h8-10H,5-7,12H2,1-4H3. The van der Waals surface area contributed by atoms with E-state index in [4.69, 9.17) is 5.73 Å². The molecule has 0 radical (unpaired) electrons. The number of nitrogens with two attached hydrogens (primary N) is 1. The van der Waals surface area contributed by atoms with E-state index in [2.05, 4.69) is 51.2 Å². The summed E-state index contributed by atoms with van der Waals surface area (Å²) in [4.78, 5) is 0. The Balaban J connectivity index is 2.63. The highest BCUT2D eigenvalue weighted by Gasteiger charge is 2.35. The van der Waals surface area contributed by atoms with E-state index in [1.54, 1.807) is 0 Å². The SMILES string of the molecule is CCC1SCCSC1C(N)C(C)(C)C. The van der Waals surface area contributed by atoms with Crippen LogP contribution in [0.2, 0.25) is 0 Å². The maximum atomic E-state index is 6.36. The quantitative estimate of drug-likeness (QED) is 0.794. The monoisotopic (exact) mass is 233 g/mol. The first-order valence-electron chi connectivity index (χ1n) is 5.45. The van der Waals surface area contributed by atoms with Crippen LogP contribution in [0.15, 0.2) is 0 Å². The third-order valence-electron chi connectivity index (χ3n) is 2.85. The van der Waals surface area contributed by atoms with Gasteiger partial charge in [0.05, 0.1) is 0 Å². The number of hydrogen-bond acceptors (Lipinski definition) is 3. The molecule has 1 aliphatic rings. The lowest BCUT2D eigenvalue weighted by Crippen LogP contribution is -2.49. The zero-order chi connectivity index (χ0) is 10.8. The van der Waals surface area contributed by atoms with Gasteiger partial charge in [0.25, 0.3) is 0 Å². The van der Waals surface area contributed by atoms with E-state index in [0.29, 0.717) is 11.3 Å². The van der Waals surface area contributed by atoms with Crippen LogP contribution in [0.1, 0.15) is 34.1 Å². The van der Waals surface area contributed by atoms with E-state index in [9.17, 15) is 0 Å². The normalized spacial score (nSPS) is 31.5. The van der Waals surface area contributed by atoms with Crippen LogP contribution in [-0.4, -0.2) is 28.0 Å². The maximum Gasteiger partial charge on any atom is 0.0323 e. The van der Waals surface area contributed by atoms with Gasteiger partial charge in [0.1, 0.15) is 0 Å². The zero-order valence-corrected chi connectivity index (χ0v) is 11.4. The minimum atomic E-state index is 0.239. The summed E-state index contributed by atoms with van der Waals surface area (Å²) < 4.78 is 0. The fourth-order valence-corrected chi connectivity index (χ4v) is 5.20. The molecule has 14 heavy (non-hydrogen) atoms. The fourth-order valence-electron chi connectivity index (χ4n) is 1.76. The Hall–Kier alpha value is 0.660. The molecule has 1 fully saturated rings. The maximum absolute atomic E-state index is 6.36. The van der Waals surface area contributed by atoms with Gasteiger partial charge < -0.3 is 5.73 Å². The van der Waals surface area contributed by atoms with E-state index in [1.165, 1.54) is 17.9 Å². The van der Waals surface area contributed by atoms with E-state index < -0.39 is 0 Å². The van der Waals surface area contributed by atoms with Gasteiger partial charge in [0.2, 0.25) is 0 Å². The van der Waals surface area contributed by atoms with Crippen molar-refractivity contribution < 1.29 is 0 Å². The second kappa shape index (κ2) is 5.13. The molecular formula is C11H23NS2. The highest BCUT2D eigenvalue weighted by Crippen LogP contribution is 2.38. The summed E-state index contributed by atoms with van der Waals surface area (Å²) in [5.74, 6) is 2.58. The van der Waals surface area contributed by atoms with Crippen molar-refractivity contribution in [1.29, 1.82) is 0 Å². The smallest absolute Gasteiger partial charge is 0.0323 e. The van der Waals surface area contributed by atoms with E-state index in [-0.39, 0.29) is 5.41 Å². The summed E-state index contributed by atoms with van der Waals surface area (Å²) in [6, 6.07) is 0.324. The van der Waals surface area contributed by atoms with Crippen molar-refractivity contribution in [2.45, 2.75) is 50.7 Å².